The lowest BCUT2D eigenvalue weighted by Gasteiger charge is -2.34. The van der Waals surface area contributed by atoms with Gasteiger partial charge in [-0.15, -0.1) is 0 Å². The molecule has 2 rings (SSSR count). The Morgan fingerprint density at radius 2 is 1.76 bits per heavy atom. The maximum Gasteiger partial charge on any atom is 0.315 e. The van der Waals surface area contributed by atoms with Gasteiger partial charge in [0.05, 0.1) is 5.60 Å². The standard InChI is InChI=1S/C20H33N3O2/c1-3-12-20(25,13-4-2)16-21-19(24)22-17-10-14-23(15-11-17)18-8-6-5-7-9-18/h5-9,17,25H,3-4,10-16H2,1-2H3,(H2,21,22,24). The van der Waals surface area contributed by atoms with Crippen LogP contribution in [-0.2, 0) is 0 Å². The lowest BCUT2D eigenvalue weighted by molar-refractivity contribution is 0.0240. The maximum absolute atomic E-state index is 12.2. The molecule has 1 saturated heterocycles. The molecule has 1 aliphatic heterocycles. The molecule has 0 aromatic heterocycles. The average molecular weight is 348 g/mol. The van der Waals surface area contributed by atoms with E-state index in [-0.39, 0.29) is 12.1 Å². The summed E-state index contributed by atoms with van der Waals surface area (Å²) in [7, 11) is 0. The van der Waals surface area contributed by atoms with E-state index in [9.17, 15) is 9.90 Å². The van der Waals surface area contributed by atoms with E-state index in [0.29, 0.717) is 6.54 Å². The van der Waals surface area contributed by atoms with Gasteiger partial charge in [-0.1, -0.05) is 44.9 Å². The number of anilines is 1. The Labute approximate surface area is 151 Å². The van der Waals surface area contributed by atoms with E-state index in [0.717, 1.165) is 51.6 Å². The Morgan fingerprint density at radius 3 is 2.32 bits per heavy atom. The first-order valence-electron chi connectivity index (χ1n) is 9.63. The molecule has 25 heavy (non-hydrogen) atoms. The van der Waals surface area contributed by atoms with E-state index >= 15 is 0 Å². The fraction of sp³-hybridized carbons (Fsp3) is 0.650. The second-order valence-corrected chi connectivity index (χ2v) is 7.15. The van der Waals surface area contributed by atoms with Crippen molar-refractivity contribution < 1.29 is 9.90 Å². The molecule has 1 aliphatic rings. The number of benzene rings is 1. The fourth-order valence-electron chi connectivity index (χ4n) is 3.63. The van der Waals surface area contributed by atoms with Gasteiger partial charge in [0.1, 0.15) is 0 Å². The second-order valence-electron chi connectivity index (χ2n) is 7.15. The summed E-state index contributed by atoms with van der Waals surface area (Å²) in [6.07, 6.45) is 5.15. The Balaban J connectivity index is 1.73. The molecule has 0 bridgehead atoms. The van der Waals surface area contributed by atoms with E-state index in [4.69, 9.17) is 0 Å². The van der Waals surface area contributed by atoms with Crippen molar-refractivity contribution >= 4 is 11.7 Å². The lowest BCUT2D eigenvalue weighted by Crippen LogP contribution is -2.51. The molecule has 0 spiro atoms. The van der Waals surface area contributed by atoms with Crippen molar-refractivity contribution in [2.45, 2.75) is 64.0 Å². The van der Waals surface area contributed by atoms with Crippen molar-refractivity contribution in [1.82, 2.24) is 10.6 Å². The first kappa shape index (κ1) is 19.6. The molecular formula is C20H33N3O2. The molecule has 140 valence electrons. The number of piperidine rings is 1. The first-order valence-corrected chi connectivity index (χ1v) is 9.63. The Morgan fingerprint density at radius 1 is 1.16 bits per heavy atom. The summed E-state index contributed by atoms with van der Waals surface area (Å²) < 4.78 is 0. The minimum absolute atomic E-state index is 0.163. The van der Waals surface area contributed by atoms with Crippen molar-refractivity contribution in [3.05, 3.63) is 30.3 Å². The summed E-state index contributed by atoms with van der Waals surface area (Å²) in [6.45, 7) is 6.33. The van der Waals surface area contributed by atoms with Gasteiger partial charge in [0, 0.05) is 31.4 Å². The molecule has 1 heterocycles. The topological polar surface area (TPSA) is 64.6 Å². The van der Waals surface area contributed by atoms with Crippen LogP contribution in [-0.4, -0.2) is 42.4 Å². The van der Waals surface area contributed by atoms with Crippen LogP contribution < -0.4 is 15.5 Å². The van der Waals surface area contributed by atoms with Crippen LogP contribution in [0.25, 0.3) is 0 Å². The summed E-state index contributed by atoms with van der Waals surface area (Å²) in [5, 5.41) is 16.5. The summed E-state index contributed by atoms with van der Waals surface area (Å²) in [4.78, 5) is 14.5. The van der Waals surface area contributed by atoms with Gasteiger partial charge in [-0.05, 0) is 37.8 Å². The van der Waals surface area contributed by atoms with Crippen LogP contribution in [0.2, 0.25) is 0 Å². The predicted molar refractivity (Wildman–Crippen MR) is 103 cm³/mol. The highest BCUT2D eigenvalue weighted by atomic mass is 16.3. The van der Waals surface area contributed by atoms with Gasteiger partial charge in [0.25, 0.3) is 0 Å². The number of nitrogens with one attached hydrogen (secondary N) is 2. The highest BCUT2D eigenvalue weighted by molar-refractivity contribution is 5.74. The van der Waals surface area contributed by atoms with Crippen molar-refractivity contribution in [2.24, 2.45) is 0 Å². The van der Waals surface area contributed by atoms with Gasteiger partial charge in [-0.25, -0.2) is 4.79 Å². The van der Waals surface area contributed by atoms with Gasteiger partial charge in [-0.2, -0.15) is 0 Å². The summed E-state index contributed by atoms with van der Waals surface area (Å²) in [5.41, 5.74) is 0.465. The first-order chi connectivity index (χ1) is 12.1. The third-order valence-corrected chi connectivity index (χ3v) is 4.96. The average Bonchev–Trinajstić information content (AvgIpc) is 2.62. The van der Waals surface area contributed by atoms with Crippen LogP contribution in [0, 0.1) is 0 Å². The molecule has 0 radical (unpaired) electrons. The predicted octanol–water partition coefficient (Wildman–Crippen LogP) is 3.29. The molecule has 0 aliphatic carbocycles. The zero-order chi connectivity index (χ0) is 18.1. The van der Waals surface area contributed by atoms with Gasteiger partial charge < -0.3 is 20.6 Å². The van der Waals surface area contributed by atoms with Gasteiger partial charge in [0.15, 0.2) is 0 Å². The minimum Gasteiger partial charge on any atom is -0.388 e. The molecule has 1 aromatic rings. The van der Waals surface area contributed by atoms with Crippen LogP contribution in [0.1, 0.15) is 52.4 Å². The minimum atomic E-state index is -0.780. The molecule has 1 aromatic carbocycles. The summed E-state index contributed by atoms with van der Waals surface area (Å²) in [5.74, 6) is 0. The summed E-state index contributed by atoms with van der Waals surface area (Å²) >= 11 is 0. The number of hydrogen-bond acceptors (Lipinski definition) is 3. The van der Waals surface area contributed by atoms with Crippen LogP contribution in [0.4, 0.5) is 10.5 Å². The van der Waals surface area contributed by atoms with E-state index < -0.39 is 5.60 Å². The quantitative estimate of drug-likeness (QED) is 0.676. The van der Waals surface area contributed by atoms with Crippen molar-refractivity contribution in [3.63, 3.8) is 0 Å². The zero-order valence-electron chi connectivity index (χ0n) is 15.6. The van der Waals surface area contributed by atoms with Gasteiger partial charge in [-0.3, -0.25) is 0 Å². The van der Waals surface area contributed by atoms with Crippen LogP contribution in [0.15, 0.2) is 30.3 Å². The zero-order valence-corrected chi connectivity index (χ0v) is 15.6. The van der Waals surface area contributed by atoms with E-state index in [1.165, 1.54) is 5.69 Å². The monoisotopic (exact) mass is 347 g/mol. The van der Waals surface area contributed by atoms with Gasteiger partial charge >= 0.3 is 6.03 Å². The van der Waals surface area contributed by atoms with E-state index in [1.54, 1.807) is 0 Å². The molecule has 5 heteroatoms. The van der Waals surface area contributed by atoms with Crippen molar-refractivity contribution in [1.29, 1.82) is 0 Å². The molecule has 3 N–H and O–H groups in total. The molecule has 2 amide bonds. The number of nitrogens with zero attached hydrogens (tertiary/aromatic N) is 1. The largest absolute Gasteiger partial charge is 0.388 e. The lowest BCUT2D eigenvalue weighted by atomic mass is 9.93. The second kappa shape index (κ2) is 9.66. The van der Waals surface area contributed by atoms with E-state index in [2.05, 4.69) is 53.6 Å². The maximum atomic E-state index is 12.2. The molecular weight excluding hydrogens is 314 g/mol. The summed E-state index contributed by atoms with van der Waals surface area (Å²) in [6, 6.07) is 10.4. The number of amides is 2. The highest BCUT2D eigenvalue weighted by Crippen LogP contribution is 2.20. The third-order valence-electron chi connectivity index (χ3n) is 4.96. The van der Waals surface area contributed by atoms with Crippen LogP contribution >= 0.6 is 0 Å². The third kappa shape index (κ3) is 6.24. The number of para-hydroxylation sites is 1. The molecule has 0 saturated carbocycles. The Bertz CT molecular complexity index is 507. The van der Waals surface area contributed by atoms with Crippen molar-refractivity contribution in [3.8, 4) is 0 Å². The smallest absolute Gasteiger partial charge is 0.315 e. The molecule has 1 fully saturated rings. The highest BCUT2D eigenvalue weighted by Gasteiger charge is 2.26. The normalized spacial score (nSPS) is 15.9. The number of aliphatic hydroxyl groups is 1. The molecule has 0 atom stereocenters. The SMILES string of the molecule is CCCC(O)(CCC)CNC(=O)NC1CCN(c2ccccc2)CC1. The van der Waals surface area contributed by atoms with Crippen LogP contribution in [0.3, 0.4) is 0 Å². The number of carbonyl (C=O) groups is 1. The van der Waals surface area contributed by atoms with Gasteiger partial charge in [0.2, 0.25) is 0 Å². The fourth-order valence-corrected chi connectivity index (χ4v) is 3.63. The molecule has 0 unspecified atom stereocenters. The number of hydrogen-bond donors (Lipinski definition) is 3. The number of rotatable bonds is 8. The van der Waals surface area contributed by atoms with Crippen molar-refractivity contribution in [2.75, 3.05) is 24.5 Å². The Kier molecular flexibility index (Phi) is 7.56. The molecule has 5 nitrogen and oxygen atoms in total. The Hall–Kier alpha value is -1.75. The number of urea groups is 1. The number of carbonyl (C=O) groups excluding carboxylic acids is 1. The van der Waals surface area contributed by atoms with E-state index in [1.807, 2.05) is 6.07 Å². The van der Waals surface area contributed by atoms with Crippen LogP contribution in [0.5, 0.6) is 0 Å².